The standard InChI is InChI=1S/C19H20INOS/c1-14-5-2-3-8-17(14)18-9-10-21(11-12-23-18)19(22)15-6-4-7-16(20)13-15/h2-8,13,18H,9-12H2,1H3. The molecule has 0 aliphatic carbocycles. The Morgan fingerprint density at radius 2 is 2.00 bits per heavy atom. The molecule has 1 amide bonds. The minimum atomic E-state index is 0.162. The Hall–Kier alpha value is -1.01. The van der Waals surface area contributed by atoms with Crippen molar-refractivity contribution >= 4 is 40.3 Å². The van der Waals surface area contributed by atoms with E-state index >= 15 is 0 Å². The maximum atomic E-state index is 12.7. The summed E-state index contributed by atoms with van der Waals surface area (Å²) in [6, 6.07) is 16.5. The molecule has 23 heavy (non-hydrogen) atoms. The normalized spacial score (nSPS) is 18.5. The highest BCUT2D eigenvalue weighted by Gasteiger charge is 2.23. The Bertz CT molecular complexity index is 703. The second-order valence-corrected chi connectivity index (χ2v) is 8.36. The molecule has 2 nitrogen and oxygen atoms in total. The quantitative estimate of drug-likeness (QED) is 0.622. The summed E-state index contributed by atoms with van der Waals surface area (Å²) in [4.78, 5) is 14.7. The van der Waals surface area contributed by atoms with Crippen LogP contribution in [0.5, 0.6) is 0 Å². The van der Waals surface area contributed by atoms with Crippen LogP contribution in [0.3, 0.4) is 0 Å². The lowest BCUT2D eigenvalue weighted by atomic mass is 10.0. The van der Waals surface area contributed by atoms with Gasteiger partial charge in [-0.15, -0.1) is 0 Å². The monoisotopic (exact) mass is 437 g/mol. The zero-order chi connectivity index (χ0) is 16.2. The number of amides is 1. The number of nitrogens with zero attached hydrogens (tertiary/aromatic N) is 1. The van der Waals surface area contributed by atoms with Crippen LogP contribution in [-0.2, 0) is 0 Å². The summed E-state index contributed by atoms with van der Waals surface area (Å²) >= 11 is 4.23. The van der Waals surface area contributed by atoms with Gasteiger partial charge in [0.25, 0.3) is 5.91 Å². The predicted octanol–water partition coefficient (Wildman–Crippen LogP) is 4.92. The molecule has 1 atom stereocenters. The van der Waals surface area contributed by atoms with E-state index in [4.69, 9.17) is 0 Å². The van der Waals surface area contributed by atoms with E-state index in [2.05, 4.69) is 53.8 Å². The van der Waals surface area contributed by atoms with Crippen LogP contribution in [0.4, 0.5) is 0 Å². The Kier molecular flexibility index (Phi) is 5.64. The molecule has 1 aliphatic heterocycles. The molecule has 0 radical (unpaired) electrons. The number of benzene rings is 2. The number of rotatable bonds is 2. The summed E-state index contributed by atoms with van der Waals surface area (Å²) in [7, 11) is 0. The van der Waals surface area contributed by atoms with Gasteiger partial charge in [0.1, 0.15) is 0 Å². The van der Waals surface area contributed by atoms with Crippen LogP contribution in [0.25, 0.3) is 0 Å². The molecular formula is C19H20INOS. The summed E-state index contributed by atoms with van der Waals surface area (Å²) < 4.78 is 1.11. The highest BCUT2D eigenvalue weighted by atomic mass is 127. The van der Waals surface area contributed by atoms with Crippen LogP contribution < -0.4 is 0 Å². The number of thioether (sulfide) groups is 1. The van der Waals surface area contributed by atoms with Crippen molar-refractivity contribution < 1.29 is 4.79 Å². The van der Waals surface area contributed by atoms with Crippen molar-refractivity contribution in [2.45, 2.75) is 18.6 Å². The molecule has 4 heteroatoms. The average molecular weight is 437 g/mol. The van der Waals surface area contributed by atoms with Crippen molar-refractivity contribution in [3.05, 3.63) is 68.8 Å². The van der Waals surface area contributed by atoms with Crippen molar-refractivity contribution in [1.29, 1.82) is 0 Å². The molecular weight excluding hydrogens is 417 g/mol. The van der Waals surface area contributed by atoms with Gasteiger partial charge in [0.15, 0.2) is 0 Å². The van der Waals surface area contributed by atoms with Crippen molar-refractivity contribution in [2.24, 2.45) is 0 Å². The molecule has 2 aromatic rings. The summed E-state index contributed by atoms with van der Waals surface area (Å²) in [6.07, 6.45) is 1.02. The van der Waals surface area contributed by atoms with Gasteiger partial charge in [-0.2, -0.15) is 11.8 Å². The first-order valence-corrected chi connectivity index (χ1v) is 10.00. The van der Waals surface area contributed by atoms with Crippen LogP contribution >= 0.6 is 34.4 Å². The third-order valence-electron chi connectivity index (χ3n) is 4.24. The third kappa shape index (κ3) is 4.10. The lowest BCUT2D eigenvalue weighted by molar-refractivity contribution is 0.0766. The van der Waals surface area contributed by atoms with Crippen LogP contribution in [0, 0.1) is 10.5 Å². The van der Waals surface area contributed by atoms with Crippen LogP contribution in [0.15, 0.2) is 48.5 Å². The minimum Gasteiger partial charge on any atom is -0.338 e. The van der Waals surface area contributed by atoms with E-state index in [1.165, 1.54) is 11.1 Å². The third-order valence-corrected chi connectivity index (χ3v) is 6.22. The number of hydrogen-bond donors (Lipinski definition) is 0. The topological polar surface area (TPSA) is 20.3 Å². The van der Waals surface area contributed by atoms with Crippen LogP contribution in [0.2, 0.25) is 0 Å². The summed E-state index contributed by atoms with van der Waals surface area (Å²) in [5.74, 6) is 1.16. The molecule has 1 aliphatic rings. The first-order valence-electron chi connectivity index (χ1n) is 7.87. The number of halogens is 1. The van der Waals surface area contributed by atoms with Gasteiger partial charge in [-0.3, -0.25) is 4.79 Å². The molecule has 3 rings (SSSR count). The smallest absolute Gasteiger partial charge is 0.253 e. The molecule has 1 saturated heterocycles. The predicted molar refractivity (Wildman–Crippen MR) is 106 cm³/mol. The van der Waals surface area contributed by atoms with Gasteiger partial charge in [0.05, 0.1) is 0 Å². The molecule has 1 fully saturated rings. The fourth-order valence-corrected chi connectivity index (χ4v) is 4.84. The van der Waals surface area contributed by atoms with Crippen molar-refractivity contribution in [3.63, 3.8) is 0 Å². The molecule has 0 spiro atoms. The zero-order valence-corrected chi connectivity index (χ0v) is 16.1. The van der Waals surface area contributed by atoms with Gasteiger partial charge < -0.3 is 4.90 Å². The van der Waals surface area contributed by atoms with E-state index in [9.17, 15) is 4.79 Å². The number of aryl methyl sites for hydroxylation is 1. The molecule has 0 saturated carbocycles. The maximum Gasteiger partial charge on any atom is 0.253 e. The van der Waals surface area contributed by atoms with E-state index in [1.54, 1.807) is 0 Å². The number of carbonyl (C=O) groups excluding carboxylic acids is 1. The Morgan fingerprint density at radius 1 is 1.17 bits per heavy atom. The highest BCUT2D eigenvalue weighted by molar-refractivity contribution is 14.1. The SMILES string of the molecule is Cc1ccccc1C1CCN(C(=O)c2cccc(I)c2)CCS1. The lowest BCUT2D eigenvalue weighted by Gasteiger charge is -2.21. The largest absolute Gasteiger partial charge is 0.338 e. The van der Waals surface area contributed by atoms with E-state index < -0.39 is 0 Å². The van der Waals surface area contributed by atoms with Gasteiger partial charge in [0.2, 0.25) is 0 Å². The van der Waals surface area contributed by atoms with E-state index in [-0.39, 0.29) is 5.91 Å². The maximum absolute atomic E-state index is 12.7. The number of carbonyl (C=O) groups is 1. The van der Waals surface area contributed by atoms with E-state index in [1.807, 2.05) is 40.9 Å². The van der Waals surface area contributed by atoms with Crippen molar-refractivity contribution in [1.82, 2.24) is 4.90 Å². The van der Waals surface area contributed by atoms with Gasteiger partial charge in [-0.05, 0) is 65.3 Å². The number of hydrogen-bond acceptors (Lipinski definition) is 2. The fourth-order valence-electron chi connectivity index (χ4n) is 2.97. The second kappa shape index (κ2) is 7.71. The highest BCUT2D eigenvalue weighted by Crippen LogP contribution is 2.36. The minimum absolute atomic E-state index is 0.162. The van der Waals surface area contributed by atoms with Crippen LogP contribution in [0.1, 0.15) is 33.2 Å². The van der Waals surface area contributed by atoms with E-state index in [0.29, 0.717) is 5.25 Å². The first kappa shape index (κ1) is 16.8. The van der Waals surface area contributed by atoms with Crippen LogP contribution in [-0.4, -0.2) is 29.6 Å². The zero-order valence-electron chi connectivity index (χ0n) is 13.2. The molecule has 2 aromatic carbocycles. The lowest BCUT2D eigenvalue weighted by Crippen LogP contribution is -2.33. The van der Waals surface area contributed by atoms with E-state index in [0.717, 1.165) is 34.4 Å². The van der Waals surface area contributed by atoms with Gasteiger partial charge in [-0.25, -0.2) is 0 Å². The van der Waals surface area contributed by atoms with Gasteiger partial charge in [-0.1, -0.05) is 30.3 Å². The summed E-state index contributed by atoms with van der Waals surface area (Å²) in [5, 5.41) is 0.491. The summed E-state index contributed by atoms with van der Waals surface area (Å²) in [6.45, 7) is 3.84. The van der Waals surface area contributed by atoms with Crippen molar-refractivity contribution in [3.8, 4) is 0 Å². The first-order chi connectivity index (χ1) is 11.1. The Balaban J connectivity index is 1.71. The van der Waals surface area contributed by atoms with Gasteiger partial charge >= 0.3 is 0 Å². The molecule has 1 unspecified atom stereocenters. The summed E-state index contributed by atoms with van der Waals surface area (Å²) in [5.41, 5.74) is 3.57. The molecule has 0 aromatic heterocycles. The molecule has 0 N–H and O–H groups in total. The second-order valence-electron chi connectivity index (χ2n) is 5.81. The Labute approximate surface area is 155 Å². The molecule has 0 bridgehead atoms. The Morgan fingerprint density at radius 3 is 2.78 bits per heavy atom. The van der Waals surface area contributed by atoms with Gasteiger partial charge in [0, 0.05) is 33.2 Å². The fraction of sp³-hybridized carbons (Fsp3) is 0.316. The average Bonchev–Trinajstić information content (AvgIpc) is 2.80. The molecule has 1 heterocycles. The molecule has 120 valence electrons. The van der Waals surface area contributed by atoms with Crippen molar-refractivity contribution in [2.75, 3.05) is 18.8 Å².